The van der Waals surface area contributed by atoms with Crippen LogP contribution in [0.5, 0.6) is 0 Å². The van der Waals surface area contributed by atoms with Crippen molar-refractivity contribution in [3.05, 3.63) is 382 Å². The largest absolute Gasteiger partial charge is 0.454 e. The van der Waals surface area contributed by atoms with Gasteiger partial charge in [0, 0.05) is 4.91 Å². The number of allylic oxidation sites excluding steroid dienone is 1. The van der Waals surface area contributed by atoms with E-state index in [9.17, 15) is 10.3 Å². The van der Waals surface area contributed by atoms with Gasteiger partial charge in [-0.1, -0.05) is 325 Å². The van der Waals surface area contributed by atoms with Crippen LogP contribution in [0.4, 0.5) is 0 Å². The first-order chi connectivity index (χ1) is 69.8. The summed E-state index contributed by atoms with van der Waals surface area (Å²) >= 11 is 20.5. The standard InChI is InChI=1S/C112H123Cl3N4O25/c1-8-9-39-60-129-104-98(143-108(123)110(2,3)4)96(133-69-81-54-33-17-34-55-81)93(88(135-104)73-128-65-77-46-25-13-26-47-77)141-106-100(144-109(124)111(5,6)7)97(91(131-67-79-50-29-15-30-51-79)86(137-106)71-126-63-75-42-21-11-22-43-75)142-103-89(118-107(122)112(113,114)115)94(138-101(120)82-56-35-18-36-57-82)92(87(134-103)72-127-64-76-44-23-12-24-45-76)140-105-99(139-102(121)84-59-38-37-58-83(84)61-117-119-116)95(132-68-80-52-31-16-32-53-80)90(130-66-78-48-27-14-28-49-78)85(136-105)70-125-62-74-40-19-10-20-41-74/h8,10-38,40-59,85-100,103-106H,1,9,39,60-73H2,2-7H3,(H,118,122)/t85-,86-,87-,88-,89-,90+,91+,92-,93-,94-,95+,96+,97+,98-,99-,100-,103+,104-,105+,106+/m1/s1. The van der Waals surface area contributed by atoms with Gasteiger partial charge in [0.25, 0.3) is 9.70 Å². The van der Waals surface area contributed by atoms with Crippen molar-refractivity contribution >= 4 is 64.6 Å². The molecular formula is C112H123Cl3N4O25. The van der Waals surface area contributed by atoms with E-state index in [-0.39, 0.29) is 103 Å². The van der Waals surface area contributed by atoms with E-state index in [1.165, 1.54) is 18.2 Å². The lowest BCUT2D eigenvalue weighted by atomic mass is 9.93. The minimum atomic E-state index is -2.88. The van der Waals surface area contributed by atoms with Crippen LogP contribution in [0, 0.1) is 10.8 Å². The maximum Gasteiger partial charge on any atom is 0.338 e. The number of alkyl halides is 3. The van der Waals surface area contributed by atoms with Crippen LogP contribution in [-0.2, 0) is 169 Å². The third-order valence-corrected chi connectivity index (χ3v) is 24.7. The maximum absolute atomic E-state index is 16.1. The van der Waals surface area contributed by atoms with E-state index < -0.39 is 174 Å². The number of azide groups is 1. The Morgan fingerprint density at radius 2 is 0.674 bits per heavy atom. The Hall–Kier alpha value is -11.2. The van der Waals surface area contributed by atoms with E-state index in [2.05, 4.69) is 21.9 Å². The van der Waals surface area contributed by atoms with E-state index in [1.54, 1.807) is 84.0 Å². The Balaban J connectivity index is 0.978. The molecule has 14 rings (SSSR count). The molecule has 4 heterocycles. The fourth-order valence-corrected chi connectivity index (χ4v) is 16.8. The molecule has 1 amide bonds. The number of carbonyl (C=O) groups excluding carboxylic acids is 5. The summed E-state index contributed by atoms with van der Waals surface area (Å²) in [6, 6.07) is 86.7. The molecule has 20 atom stereocenters. The second kappa shape index (κ2) is 54.3. The average molecular weight is 2030 g/mol. The van der Waals surface area contributed by atoms with E-state index in [0.717, 1.165) is 22.3 Å². The zero-order chi connectivity index (χ0) is 101. The monoisotopic (exact) mass is 2030 g/mol. The zero-order valence-electron chi connectivity index (χ0n) is 81.1. The third-order valence-electron chi connectivity index (χ3n) is 24.1. The Morgan fingerprint density at radius 3 is 1.06 bits per heavy atom. The maximum atomic E-state index is 16.1. The summed E-state index contributed by atoms with van der Waals surface area (Å²) in [5.41, 5.74) is 13.2. The van der Waals surface area contributed by atoms with Gasteiger partial charge in [0.15, 0.2) is 49.6 Å². The lowest BCUT2D eigenvalue weighted by Crippen LogP contribution is -2.71. The number of ether oxygens (including phenoxy) is 20. The van der Waals surface area contributed by atoms with Crippen molar-refractivity contribution in [2.45, 2.75) is 240 Å². The summed E-state index contributed by atoms with van der Waals surface area (Å²) in [5.74, 6) is -4.87. The Labute approximate surface area is 854 Å². The van der Waals surface area contributed by atoms with Gasteiger partial charge in [-0.25, -0.2) is 9.59 Å². The van der Waals surface area contributed by atoms with Crippen molar-refractivity contribution < 1.29 is 119 Å². The van der Waals surface area contributed by atoms with Gasteiger partial charge < -0.3 is 100 Å². The highest BCUT2D eigenvalue weighted by Gasteiger charge is 2.62. The van der Waals surface area contributed by atoms with Gasteiger partial charge in [0.05, 0.1) is 114 Å². The molecule has 144 heavy (non-hydrogen) atoms. The van der Waals surface area contributed by atoms with Gasteiger partial charge >= 0.3 is 23.9 Å². The summed E-state index contributed by atoms with van der Waals surface area (Å²) in [6.45, 7) is 11.8. The highest BCUT2D eigenvalue weighted by atomic mass is 35.6. The van der Waals surface area contributed by atoms with Gasteiger partial charge in [0.2, 0.25) is 0 Å². The zero-order valence-corrected chi connectivity index (χ0v) is 83.4. The Kier molecular flexibility index (Phi) is 40.9. The molecule has 0 aliphatic carbocycles. The van der Waals surface area contributed by atoms with Crippen LogP contribution in [0.2, 0.25) is 0 Å². The molecule has 0 spiro atoms. The van der Waals surface area contributed by atoms with Gasteiger partial charge in [-0.05, 0) is 128 Å². The SMILES string of the molecule is C=CCCCO[C@@H]1O[C@H](COCc2ccccc2)[C@@H](O[C@@H]2O[C@H](COCc3ccccc3)[C@H](OCc3ccccc3)[C@H](O[C@@H]3O[C@H](COCc4ccccc4)[C@@H](O[C@@H]4O[C@H](COCc5ccccc5)[C@H](OCc5ccccc5)[C@H](OCc5ccccc5)[C@H]4OC(=O)c4ccccc4CN=[N+]=[N-])[C@H](OC(=O)c4ccccc4)[C@H]3NC(=O)C(Cl)(Cl)Cl)[C@H]2OC(=O)C(C)(C)C)[C@H](OCc2ccccc2)[C@H]1OC(=O)C(C)(C)C. The summed E-state index contributed by atoms with van der Waals surface area (Å²) < 4.78 is 141. The van der Waals surface area contributed by atoms with Crippen molar-refractivity contribution in [3.63, 3.8) is 0 Å². The quantitative estimate of drug-likeness (QED) is 0.00541. The molecule has 10 aromatic carbocycles. The van der Waals surface area contributed by atoms with Gasteiger partial charge in [-0.15, -0.1) is 6.58 Å². The van der Waals surface area contributed by atoms with Crippen LogP contribution >= 0.6 is 34.8 Å². The van der Waals surface area contributed by atoms with Gasteiger partial charge in [0.1, 0.15) is 73.2 Å². The molecule has 0 radical (unpaired) electrons. The first-order valence-corrected chi connectivity index (χ1v) is 49.2. The normalized spacial score (nSPS) is 24.4. The van der Waals surface area contributed by atoms with Crippen LogP contribution in [0.1, 0.15) is 125 Å². The minimum absolute atomic E-state index is 0.0110. The van der Waals surface area contributed by atoms with Crippen LogP contribution in [0.3, 0.4) is 0 Å². The first kappa shape index (κ1) is 109. The molecular weight excluding hydrogens is 1910 g/mol. The van der Waals surface area contributed by atoms with E-state index in [1.807, 2.05) is 243 Å². The molecule has 10 aromatic rings. The second-order valence-electron chi connectivity index (χ2n) is 37.2. The molecule has 1 N–H and O–H groups in total. The molecule has 4 saturated heterocycles. The number of hydrogen-bond acceptors (Lipinski definition) is 26. The smallest absolute Gasteiger partial charge is 0.338 e. The molecule has 4 aliphatic heterocycles. The molecule has 4 fully saturated rings. The van der Waals surface area contributed by atoms with Crippen molar-refractivity contribution in [2.75, 3.05) is 33.0 Å². The molecule has 0 bridgehead atoms. The van der Waals surface area contributed by atoms with Crippen LogP contribution in [0.25, 0.3) is 10.4 Å². The minimum Gasteiger partial charge on any atom is -0.454 e. The number of halogens is 3. The summed E-state index contributed by atoms with van der Waals surface area (Å²) in [7, 11) is 0. The fraction of sp³-hybridized carbons (Fsp3) is 0.402. The molecule has 32 heteroatoms. The fourth-order valence-electron chi connectivity index (χ4n) is 16.7. The predicted octanol–water partition coefficient (Wildman–Crippen LogP) is 19.3. The van der Waals surface area contributed by atoms with Crippen molar-refractivity contribution in [3.8, 4) is 0 Å². The highest BCUT2D eigenvalue weighted by molar-refractivity contribution is 6.76. The van der Waals surface area contributed by atoms with E-state index in [4.69, 9.17) is 130 Å². The van der Waals surface area contributed by atoms with Crippen molar-refractivity contribution in [2.24, 2.45) is 15.9 Å². The van der Waals surface area contributed by atoms with Crippen molar-refractivity contribution in [1.29, 1.82) is 0 Å². The van der Waals surface area contributed by atoms with Crippen LogP contribution in [0.15, 0.2) is 315 Å². The number of nitrogens with one attached hydrogen (secondary N) is 1. The summed E-state index contributed by atoms with van der Waals surface area (Å²) in [4.78, 5) is 81.5. The molecule has 0 unspecified atom stereocenters. The number of esters is 4. The summed E-state index contributed by atoms with van der Waals surface area (Å²) in [6.07, 6.45) is -28.3. The predicted molar refractivity (Wildman–Crippen MR) is 534 cm³/mol. The number of unbranched alkanes of at least 4 members (excludes halogenated alkanes) is 1. The molecule has 0 saturated carbocycles. The number of amides is 1. The number of carbonyl (C=O) groups is 5. The summed E-state index contributed by atoms with van der Waals surface area (Å²) in [5, 5.41) is 6.72. The van der Waals surface area contributed by atoms with Crippen molar-refractivity contribution in [1.82, 2.24) is 5.32 Å². The van der Waals surface area contributed by atoms with Gasteiger partial charge in [-0.2, -0.15) is 0 Å². The lowest BCUT2D eigenvalue weighted by molar-refractivity contribution is -0.388. The van der Waals surface area contributed by atoms with Crippen LogP contribution < -0.4 is 5.32 Å². The van der Waals surface area contributed by atoms with Crippen LogP contribution in [-0.4, -0.2) is 189 Å². The first-order valence-electron chi connectivity index (χ1n) is 48.1. The molecule has 0 aromatic heterocycles. The molecule has 762 valence electrons. The lowest BCUT2D eigenvalue weighted by Gasteiger charge is -2.52. The Bertz CT molecular complexity index is 5650. The topological polar surface area (TPSA) is 331 Å². The number of hydrogen-bond donors (Lipinski definition) is 1. The number of rotatable bonds is 48. The number of benzene rings is 10. The molecule has 29 nitrogen and oxygen atoms in total. The number of nitrogens with zero attached hydrogens (tertiary/aromatic N) is 3. The Morgan fingerprint density at radius 1 is 0.361 bits per heavy atom. The van der Waals surface area contributed by atoms with E-state index in [0.29, 0.717) is 35.1 Å². The third kappa shape index (κ3) is 31.7. The van der Waals surface area contributed by atoms with Gasteiger partial charge in [-0.3, -0.25) is 14.4 Å². The average Bonchev–Trinajstić information content (AvgIpc) is 0.752. The highest BCUT2D eigenvalue weighted by Crippen LogP contribution is 2.43. The molecule has 4 aliphatic rings. The second-order valence-corrected chi connectivity index (χ2v) is 39.5. The van der Waals surface area contributed by atoms with E-state index >= 15 is 19.2 Å².